The quantitative estimate of drug-likeness (QED) is 0.578. The van der Waals surface area contributed by atoms with Crippen molar-refractivity contribution in [1.29, 1.82) is 5.26 Å². The summed E-state index contributed by atoms with van der Waals surface area (Å²) in [7, 11) is 0. The van der Waals surface area contributed by atoms with Gasteiger partial charge in [-0.3, -0.25) is 5.10 Å². The van der Waals surface area contributed by atoms with Gasteiger partial charge in [-0.1, -0.05) is 25.0 Å². The molecule has 2 heterocycles. The first-order valence-electron chi connectivity index (χ1n) is 9.60. The highest BCUT2D eigenvalue weighted by atomic mass is 15.2. The lowest BCUT2D eigenvalue weighted by molar-refractivity contribution is 0.693. The molecule has 0 aliphatic heterocycles. The van der Waals surface area contributed by atoms with Crippen LogP contribution < -0.4 is 10.6 Å². The van der Waals surface area contributed by atoms with Gasteiger partial charge in [0.05, 0.1) is 12.5 Å². The van der Waals surface area contributed by atoms with E-state index in [4.69, 9.17) is 5.26 Å². The lowest BCUT2D eigenvalue weighted by Crippen LogP contribution is -2.02. The van der Waals surface area contributed by atoms with Gasteiger partial charge in [0.2, 0.25) is 5.95 Å². The number of aryl methyl sites for hydroxylation is 1. The summed E-state index contributed by atoms with van der Waals surface area (Å²) in [6.07, 6.45) is 5.46. The van der Waals surface area contributed by atoms with Gasteiger partial charge >= 0.3 is 0 Å². The Morgan fingerprint density at radius 3 is 2.61 bits per heavy atom. The molecular weight excluding hydrogens is 350 g/mol. The molecule has 1 fully saturated rings. The molecule has 2 aromatic heterocycles. The third kappa shape index (κ3) is 4.29. The van der Waals surface area contributed by atoms with Gasteiger partial charge in [0, 0.05) is 35.1 Å². The number of aromatic nitrogens is 4. The van der Waals surface area contributed by atoms with E-state index in [0.29, 0.717) is 24.1 Å². The van der Waals surface area contributed by atoms with Crippen molar-refractivity contribution in [3.8, 4) is 6.07 Å². The Labute approximate surface area is 164 Å². The van der Waals surface area contributed by atoms with Crippen LogP contribution in [0.1, 0.15) is 48.6 Å². The van der Waals surface area contributed by atoms with Crippen molar-refractivity contribution in [2.45, 2.75) is 44.9 Å². The van der Waals surface area contributed by atoms with Crippen molar-refractivity contribution in [2.24, 2.45) is 0 Å². The van der Waals surface area contributed by atoms with Crippen LogP contribution in [0.25, 0.3) is 0 Å². The lowest BCUT2D eigenvalue weighted by atomic mass is 10.0. The summed E-state index contributed by atoms with van der Waals surface area (Å²) in [6.45, 7) is 1.93. The summed E-state index contributed by atoms with van der Waals surface area (Å²) >= 11 is 0. The molecule has 28 heavy (non-hydrogen) atoms. The minimum absolute atomic E-state index is 0.405. The van der Waals surface area contributed by atoms with E-state index < -0.39 is 0 Å². The predicted octanol–water partition coefficient (Wildman–Crippen LogP) is 4.72. The standard InChI is InChI=1S/C21H23N7/c1-14-12-19(25-20-13-18(27-28-20)16-4-2-3-5-16)26-21(23-14)24-17-8-6-15(7-9-17)10-11-22/h6-9,12-13,16H,2-5,10H2,1H3,(H3,23,24,25,26,27,28). The number of aromatic amines is 1. The van der Waals surface area contributed by atoms with E-state index >= 15 is 0 Å². The van der Waals surface area contributed by atoms with Gasteiger partial charge in [-0.25, -0.2) is 4.98 Å². The van der Waals surface area contributed by atoms with E-state index in [1.54, 1.807) is 0 Å². The Kier molecular flexibility index (Phi) is 5.20. The average molecular weight is 373 g/mol. The van der Waals surface area contributed by atoms with Crippen molar-refractivity contribution >= 4 is 23.3 Å². The smallest absolute Gasteiger partial charge is 0.229 e. The van der Waals surface area contributed by atoms with E-state index in [9.17, 15) is 0 Å². The lowest BCUT2D eigenvalue weighted by Gasteiger charge is -2.09. The van der Waals surface area contributed by atoms with E-state index in [-0.39, 0.29) is 0 Å². The highest BCUT2D eigenvalue weighted by Gasteiger charge is 2.19. The highest BCUT2D eigenvalue weighted by molar-refractivity contribution is 5.58. The fourth-order valence-corrected chi connectivity index (χ4v) is 3.59. The van der Waals surface area contributed by atoms with Crippen LogP contribution in [0.3, 0.4) is 0 Å². The van der Waals surface area contributed by atoms with Crippen LogP contribution >= 0.6 is 0 Å². The number of hydrogen-bond acceptors (Lipinski definition) is 6. The fraction of sp³-hybridized carbons (Fsp3) is 0.333. The van der Waals surface area contributed by atoms with Gasteiger partial charge in [0.25, 0.3) is 0 Å². The molecule has 1 saturated carbocycles. The minimum atomic E-state index is 0.405. The number of nitriles is 1. The summed E-state index contributed by atoms with van der Waals surface area (Å²) in [6, 6.07) is 13.8. The van der Waals surface area contributed by atoms with Crippen LogP contribution in [-0.4, -0.2) is 20.2 Å². The minimum Gasteiger partial charge on any atom is -0.324 e. The van der Waals surface area contributed by atoms with Crippen LogP contribution in [0.2, 0.25) is 0 Å². The van der Waals surface area contributed by atoms with Crippen molar-refractivity contribution in [3.05, 3.63) is 53.3 Å². The van der Waals surface area contributed by atoms with E-state index in [1.165, 1.54) is 31.4 Å². The van der Waals surface area contributed by atoms with Gasteiger partial charge < -0.3 is 10.6 Å². The maximum absolute atomic E-state index is 8.77. The second kappa shape index (κ2) is 8.09. The Morgan fingerprint density at radius 2 is 1.86 bits per heavy atom. The molecule has 142 valence electrons. The molecule has 3 aromatic rings. The van der Waals surface area contributed by atoms with E-state index in [1.807, 2.05) is 37.3 Å². The number of H-pyrrole nitrogens is 1. The third-order valence-corrected chi connectivity index (χ3v) is 5.00. The van der Waals surface area contributed by atoms with Crippen LogP contribution in [0.5, 0.6) is 0 Å². The van der Waals surface area contributed by atoms with Crippen molar-refractivity contribution in [3.63, 3.8) is 0 Å². The number of benzene rings is 1. The maximum Gasteiger partial charge on any atom is 0.229 e. The molecule has 1 aliphatic rings. The SMILES string of the molecule is Cc1cc(Nc2cc(C3CCCC3)[nH]n2)nc(Nc2ccc(CC#N)cc2)n1. The Hall–Kier alpha value is -3.40. The number of anilines is 4. The van der Waals surface area contributed by atoms with Crippen LogP contribution in [0.4, 0.5) is 23.3 Å². The molecule has 0 radical (unpaired) electrons. The summed E-state index contributed by atoms with van der Waals surface area (Å²) in [5.41, 5.74) is 3.91. The molecule has 0 amide bonds. The van der Waals surface area contributed by atoms with Crippen molar-refractivity contribution < 1.29 is 0 Å². The molecule has 3 N–H and O–H groups in total. The Balaban J connectivity index is 1.47. The zero-order valence-electron chi connectivity index (χ0n) is 15.9. The number of hydrogen-bond donors (Lipinski definition) is 3. The van der Waals surface area contributed by atoms with E-state index in [0.717, 1.165) is 22.8 Å². The predicted molar refractivity (Wildman–Crippen MR) is 109 cm³/mol. The van der Waals surface area contributed by atoms with Crippen LogP contribution in [0, 0.1) is 18.3 Å². The molecule has 7 heteroatoms. The van der Waals surface area contributed by atoms with E-state index in [2.05, 4.69) is 42.9 Å². The van der Waals surface area contributed by atoms with Crippen LogP contribution in [0.15, 0.2) is 36.4 Å². The fourth-order valence-electron chi connectivity index (χ4n) is 3.59. The first-order chi connectivity index (χ1) is 13.7. The second-order valence-corrected chi connectivity index (χ2v) is 7.19. The normalized spacial score (nSPS) is 14.0. The third-order valence-electron chi connectivity index (χ3n) is 5.00. The number of nitrogens with zero attached hydrogens (tertiary/aromatic N) is 4. The van der Waals surface area contributed by atoms with Crippen molar-refractivity contribution in [1.82, 2.24) is 20.2 Å². The molecule has 4 rings (SSSR count). The summed E-state index contributed by atoms with van der Waals surface area (Å²) in [5, 5.41) is 22.8. The monoisotopic (exact) mass is 373 g/mol. The second-order valence-electron chi connectivity index (χ2n) is 7.19. The highest BCUT2D eigenvalue weighted by Crippen LogP contribution is 2.34. The average Bonchev–Trinajstić information content (AvgIpc) is 3.35. The summed E-state index contributed by atoms with van der Waals surface area (Å²) < 4.78 is 0. The molecule has 0 spiro atoms. The first kappa shape index (κ1) is 18.0. The summed E-state index contributed by atoms with van der Waals surface area (Å²) in [5.74, 6) is 2.57. The zero-order valence-corrected chi connectivity index (χ0v) is 15.9. The molecule has 0 bridgehead atoms. The zero-order chi connectivity index (χ0) is 19.3. The van der Waals surface area contributed by atoms with Gasteiger partial charge in [0.15, 0.2) is 5.82 Å². The number of rotatable bonds is 6. The van der Waals surface area contributed by atoms with Gasteiger partial charge in [-0.2, -0.15) is 15.3 Å². The van der Waals surface area contributed by atoms with Gasteiger partial charge in [-0.05, 0) is 37.5 Å². The molecule has 1 aliphatic carbocycles. The van der Waals surface area contributed by atoms with Crippen LogP contribution in [-0.2, 0) is 6.42 Å². The Bertz CT molecular complexity index is 979. The molecule has 0 saturated heterocycles. The summed E-state index contributed by atoms with van der Waals surface area (Å²) in [4.78, 5) is 9.01. The van der Waals surface area contributed by atoms with Gasteiger partial charge in [0.1, 0.15) is 5.82 Å². The topological polar surface area (TPSA) is 102 Å². The molecule has 0 atom stereocenters. The largest absolute Gasteiger partial charge is 0.324 e. The Morgan fingerprint density at radius 1 is 1.07 bits per heavy atom. The van der Waals surface area contributed by atoms with Gasteiger partial charge in [-0.15, -0.1) is 0 Å². The molecular formula is C21H23N7. The molecule has 7 nitrogen and oxygen atoms in total. The first-order valence-corrected chi connectivity index (χ1v) is 9.60. The maximum atomic E-state index is 8.77. The van der Waals surface area contributed by atoms with Crippen molar-refractivity contribution in [2.75, 3.05) is 10.6 Å². The number of nitrogens with one attached hydrogen (secondary N) is 3. The molecule has 1 aromatic carbocycles. The molecule has 0 unspecified atom stereocenters.